The minimum atomic E-state index is -4.59. The fourth-order valence-electron chi connectivity index (χ4n) is 4.51. The first-order chi connectivity index (χ1) is 15.7. The number of hydrogen-bond donors (Lipinski definition) is 2. The van der Waals surface area contributed by atoms with Gasteiger partial charge in [-0.15, -0.1) is 0 Å². The molecule has 5 heterocycles. The molecule has 176 valence electrons. The normalized spacial score (nSPS) is 26.3. The third-order valence-corrected chi connectivity index (χ3v) is 6.48. The van der Waals surface area contributed by atoms with Crippen molar-refractivity contribution in [2.75, 3.05) is 24.5 Å². The van der Waals surface area contributed by atoms with Gasteiger partial charge >= 0.3 is 6.18 Å². The summed E-state index contributed by atoms with van der Waals surface area (Å²) in [5.74, 6) is 1.27. The zero-order valence-electron chi connectivity index (χ0n) is 18.0. The van der Waals surface area contributed by atoms with Crippen molar-refractivity contribution in [3.63, 3.8) is 0 Å². The zero-order chi connectivity index (χ0) is 23.3. The van der Waals surface area contributed by atoms with E-state index in [2.05, 4.69) is 37.6 Å². The SMILES string of the molecule is CC1NNCC1[C@@H]1CN(c2ccnc(-c3cnc4cc(Cl)c(C(F)(F)F)cn34)n2)C[C@H](C)O1. The quantitative estimate of drug-likeness (QED) is 0.595. The molecule has 2 aliphatic rings. The van der Waals surface area contributed by atoms with E-state index in [1.54, 1.807) is 12.3 Å². The maximum Gasteiger partial charge on any atom is 0.419 e. The van der Waals surface area contributed by atoms with Crippen molar-refractivity contribution in [3.05, 3.63) is 41.3 Å². The minimum absolute atomic E-state index is 0.00208. The van der Waals surface area contributed by atoms with E-state index in [-0.39, 0.29) is 29.7 Å². The van der Waals surface area contributed by atoms with Crippen molar-refractivity contribution in [2.45, 2.75) is 38.3 Å². The highest BCUT2D eigenvalue weighted by Crippen LogP contribution is 2.36. The molecule has 8 nitrogen and oxygen atoms in total. The first-order valence-electron chi connectivity index (χ1n) is 10.7. The van der Waals surface area contributed by atoms with E-state index in [0.717, 1.165) is 12.7 Å². The average molecular weight is 482 g/mol. The molecule has 0 saturated carbocycles. The van der Waals surface area contributed by atoms with Crippen LogP contribution >= 0.6 is 11.6 Å². The van der Waals surface area contributed by atoms with E-state index in [1.165, 1.54) is 16.7 Å². The lowest BCUT2D eigenvalue weighted by atomic mass is 9.95. The van der Waals surface area contributed by atoms with Crippen molar-refractivity contribution in [3.8, 4) is 11.5 Å². The lowest BCUT2D eigenvalue weighted by Crippen LogP contribution is -2.52. The largest absolute Gasteiger partial charge is 0.419 e. The molecular weight excluding hydrogens is 459 g/mol. The van der Waals surface area contributed by atoms with E-state index >= 15 is 0 Å². The molecule has 2 aliphatic heterocycles. The topological polar surface area (TPSA) is 79.6 Å². The third kappa shape index (κ3) is 4.25. The summed E-state index contributed by atoms with van der Waals surface area (Å²) in [4.78, 5) is 15.3. The van der Waals surface area contributed by atoms with Gasteiger partial charge in [-0.05, 0) is 19.9 Å². The second-order valence-corrected chi connectivity index (χ2v) is 8.92. The van der Waals surface area contributed by atoms with E-state index in [4.69, 9.17) is 16.3 Å². The van der Waals surface area contributed by atoms with Crippen LogP contribution in [0.4, 0.5) is 19.0 Å². The molecule has 0 bridgehead atoms. The average Bonchev–Trinajstić information content (AvgIpc) is 3.37. The number of alkyl halides is 3. The Balaban J connectivity index is 1.48. The fraction of sp³-hybridized carbons (Fsp3) is 0.476. The molecule has 0 aromatic carbocycles. The summed E-state index contributed by atoms with van der Waals surface area (Å²) < 4.78 is 47.7. The number of morpholine rings is 1. The smallest absolute Gasteiger partial charge is 0.371 e. The summed E-state index contributed by atoms with van der Waals surface area (Å²) >= 11 is 5.83. The Morgan fingerprint density at radius 3 is 2.76 bits per heavy atom. The molecule has 33 heavy (non-hydrogen) atoms. The van der Waals surface area contributed by atoms with Gasteiger partial charge in [0.2, 0.25) is 0 Å². The summed E-state index contributed by atoms with van der Waals surface area (Å²) in [6.45, 7) is 6.25. The van der Waals surface area contributed by atoms with Crippen LogP contribution in [0.15, 0.2) is 30.7 Å². The highest BCUT2D eigenvalue weighted by molar-refractivity contribution is 6.31. The van der Waals surface area contributed by atoms with E-state index in [1.807, 2.05) is 6.92 Å². The van der Waals surface area contributed by atoms with Crippen molar-refractivity contribution < 1.29 is 17.9 Å². The molecule has 2 N–H and O–H groups in total. The van der Waals surface area contributed by atoms with Gasteiger partial charge in [-0.1, -0.05) is 11.6 Å². The highest BCUT2D eigenvalue weighted by Gasteiger charge is 2.37. The molecule has 3 aromatic heterocycles. The van der Waals surface area contributed by atoms with Crippen molar-refractivity contribution in [1.82, 2.24) is 30.2 Å². The van der Waals surface area contributed by atoms with Crippen LogP contribution in [0.1, 0.15) is 19.4 Å². The van der Waals surface area contributed by atoms with Gasteiger partial charge in [0, 0.05) is 50.1 Å². The van der Waals surface area contributed by atoms with Crippen LogP contribution in [-0.4, -0.2) is 57.2 Å². The molecule has 2 saturated heterocycles. The number of aromatic nitrogens is 4. The number of ether oxygens (including phenoxy) is 1. The Morgan fingerprint density at radius 1 is 1.21 bits per heavy atom. The summed E-state index contributed by atoms with van der Waals surface area (Å²) in [6, 6.07) is 3.27. The molecule has 5 rings (SSSR count). The van der Waals surface area contributed by atoms with Crippen molar-refractivity contribution in [1.29, 1.82) is 0 Å². The standard InChI is InChI=1S/C21H23ClF3N7O/c1-11-8-31(10-17(33-11)13-6-28-30-12(13)2)18-3-4-26-20(29-18)16-7-27-19-5-15(22)14(9-32(16)19)21(23,24)25/h3-5,7,9,11-13,17,28,30H,6,8,10H2,1-2H3/t11-,12?,13?,17-/m0/s1. The minimum Gasteiger partial charge on any atom is -0.371 e. The van der Waals surface area contributed by atoms with Gasteiger partial charge in [-0.25, -0.2) is 15.0 Å². The highest BCUT2D eigenvalue weighted by atomic mass is 35.5. The number of nitrogens with one attached hydrogen (secondary N) is 2. The van der Waals surface area contributed by atoms with Crippen LogP contribution in [0.25, 0.3) is 17.2 Å². The van der Waals surface area contributed by atoms with Crippen LogP contribution in [0.5, 0.6) is 0 Å². The Labute approximate surface area is 193 Å². The van der Waals surface area contributed by atoms with E-state index < -0.39 is 16.8 Å². The number of fused-ring (bicyclic) bond motifs is 1. The van der Waals surface area contributed by atoms with Crippen LogP contribution in [-0.2, 0) is 10.9 Å². The number of anilines is 1. The molecule has 3 aromatic rings. The van der Waals surface area contributed by atoms with Crippen LogP contribution < -0.4 is 15.8 Å². The maximum atomic E-state index is 13.4. The van der Waals surface area contributed by atoms with Crippen molar-refractivity contribution in [2.24, 2.45) is 5.92 Å². The molecule has 12 heteroatoms. The maximum absolute atomic E-state index is 13.4. The van der Waals surface area contributed by atoms with Gasteiger partial charge in [-0.2, -0.15) is 13.2 Å². The summed E-state index contributed by atoms with van der Waals surface area (Å²) in [7, 11) is 0. The summed E-state index contributed by atoms with van der Waals surface area (Å²) in [6.07, 6.45) is -0.583. The molecule has 0 amide bonds. The second kappa shape index (κ2) is 8.39. The van der Waals surface area contributed by atoms with Crippen LogP contribution in [0.2, 0.25) is 5.02 Å². The number of halogens is 4. The van der Waals surface area contributed by atoms with Gasteiger partial charge < -0.3 is 9.64 Å². The third-order valence-electron chi connectivity index (χ3n) is 6.17. The van der Waals surface area contributed by atoms with Crippen molar-refractivity contribution >= 4 is 23.1 Å². The van der Waals surface area contributed by atoms with Gasteiger partial charge in [0.05, 0.1) is 29.0 Å². The molecule has 0 aliphatic carbocycles. The van der Waals surface area contributed by atoms with E-state index in [0.29, 0.717) is 30.5 Å². The predicted molar refractivity (Wildman–Crippen MR) is 117 cm³/mol. The molecule has 2 fully saturated rings. The van der Waals surface area contributed by atoms with Crippen LogP contribution in [0.3, 0.4) is 0 Å². The number of hydrogen-bond acceptors (Lipinski definition) is 7. The van der Waals surface area contributed by atoms with Gasteiger partial charge in [0.25, 0.3) is 0 Å². The Hall–Kier alpha value is -2.47. The molecule has 0 spiro atoms. The fourth-order valence-corrected chi connectivity index (χ4v) is 4.76. The number of imidazole rings is 1. The Morgan fingerprint density at radius 2 is 2.03 bits per heavy atom. The number of pyridine rings is 1. The number of hydrazine groups is 1. The molecule has 2 unspecified atom stereocenters. The Bertz CT molecular complexity index is 1170. The predicted octanol–water partition coefficient (Wildman–Crippen LogP) is 3.17. The number of rotatable bonds is 3. The lowest BCUT2D eigenvalue weighted by molar-refractivity contribution is -0.137. The van der Waals surface area contributed by atoms with E-state index in [9.17, 15) is 13.2 Å². The zero-order valence-corrected chi connectivity index (χ0v) is 18.7. The monoisotopic (exact) mass is 481 g/mol. The first kappa shape index (κ1) is 22.3. The first-order valence-corrected chi connectivity index (χ1v) is 11.0. The summed E-state index contributed by atoms with van der Waals surface area (Å²) in [5, 5.41) is -0.403. The van der Waals surface area contributed by atoms with Gasteiger partial charge in [0.15, 0.2) is 5.82 Å². The molecule has 4 atom stereocenters. The van der Waals surface area contributed by atoms with Gasteiger partial charge in [0.1, 0.15) is 17.2 Å². The Kier molecular flexibility index (Phi) is 5.68. The van der Waals surface area contributed by atoms with Crippen LogP contribution in [0, 0.1) is 5.92 Å². The lowest BCUT2D eigenvalue weighted by Gasteiger charge is -2.40. The second-order valence-electron chi connectivity index (χ2n) is 8.51. The van der Waals surface area contributed by atoms with Gasteiger partial charge in [-0.3, -0.25) is 15.3 Å². The molecular formula is C21H23ClF3N7O. The summed E-state index contributed by atoms with van der Waals surface area (Å²) in [5.41, 5.74) is 6.10. The number of nitrogens with zero attached hydrogens (tertiary/aromatic N) is 5. The molecule has 0 radical (unpaired) electrons.